The first kappa shape index (κ1) is 13.4. The minimum absolute atomic E-state index is 0.282. The highest BCUT2D eigenvalue weighted by molar-refractivity contribution is 7.98. The highest BCUT2D eigenvalue weighted by Gasteiger charge is 2.06. The first-order valence-corrected chi connectivity index (χ1v) is 7.01. The summed E-state index contributed by atoms with van der Waals surface area (Å²) in [5.41, 5.74) is 5.85. The molecule has 0 fully saturated rings. The molecule has 1 aromatic rings. The lowest BCUT2D eigenvalue weighted by Crippen LogP contribution is -2.21. The molecular weight excluding hydrogens is 222 g/mol. The van der Waals surface area contributed by atoms with Gasteiger partial charge in [0.2, 0.25) is 0 Å². The summed E-state index contributed by atoms with van der Waals surface area (Å²) in [6.07, 6.45) is 3.30. The second kappa shape index (κ2) is 7.62. The van der Waals surface area contributed by atoms with Crippen molar-refractivity contribution in [1.29, 1.82) is 0 Å². The number of thioether (sulfide) groups is 1. The highest BCUT2D eigenvalue weighted by Crippen LogP contribution is 2.11. The van der Waals surface area contributed by atoms with Crippen molar-refractivity contribution in [2.75, 3.05) is 5.75 Å². The lowest BCUT2D eigenvalue weighted by Gasteiger charge is -2.07. The Bertz CT molecular complexity index is 288. The van der Waals surface area contributed by atoms with Crippen molar-refractivity contribution in [3.05, 3.63) is 5.82 Å². The number of nitrogens with two attached hydrogens (primary N) is 1. The summed E-state index contributed by atoms with van der Waals surface area (Å²) < 4.78 is 1.90. The second-order valence-electron chi connectivity index (χ2n) is 3.86. The number of nitrogens with zero attached hydrogens (tertiary/aromatic N) is 4. The number of hydrogen-bond acceptors (Lipinski definition) is 5. The smallest absolute Gasteiger partial charge is 0.161 e. The van der Waals surface area contributed by atoms with Crippen molar-refractivity contribution in [2.45, 2.75) is 51.4 Å². The molecule has 1 aromatic heterocycles. The molecular formula is C10H21N5S. The van der Waals surface area contributed by atoms with Gasteiger partial charge in [0, 0.05) is 18.3 Å². The summed E-state index contributed by atoms with van der Waals surface area (Å²) >= 11 is 1.80. The quantitative estimate of drug-likeness (QED) is 0.748. The Morgan fingerprint density at radius 2 is 2.25 bits per heavy atom. The van der Waals surface area contributed by atoms with Gasteiger partial charge in [-0.15, -0.1) is 5.10 Å². The average Bonchev–Trinajstić information content (AvgIpc) is 2.73. The monoisotopic (exact) mass is 243 g/mol. The number of hydrogen-bond donors (Lipinski definition) is 1. The summed E-state index contributed by atoms with van der Waals surface area (Å²) in [5, 5.41) is 11.7. The molecule has 16 heavy (non-hydrogen) atoms. The molecule has 0 spiro atoms. The summed E-state index contributed by atoms with van der Waals surface area (Å²) in [7, 11) is 0. The topological polar surface area (TPSA) is 69.6 Å². The SMILES string of the molecule is CCCCn1nnnc1CSCC(N)CC. The van der Waals surface area contributed by atoms with Crippen LogP contribution in [0.25, 0.3) is 0 Å². The zero-order valence-corrected chi connectivity index (χ0v) is 10.9. The van der Waals surface area contributed by atoms with Crippen molar-refractivity contribution in [2.24, 2.45) is 5.73 Å². The minimum Gasteiger partial charge on any atom is -0.327 e. The molecule has 1 unspecified atom stereocenters. The van der Waals surface area contributed by atoms with Crippen LogP contribution in [-0.2, 0) is 12.3 Å². The fraction of sp³-hybridized carbons (Fsp3) is 0.900. The van der Waals surface area contributed by atoms with E-state index < -0.39 is 0 Å². The Morgan fingerprint density at radius 3 is 2.94 bits per heavy atom. The van der Waals surface area contributed by atoms with E-state index in [9.17, 15) is 0 Å². The number of rotatable bonds is 8. The number of unbranched alkanes of at least 4 members (excludes halogenated alkanes) is 1. The molecule has 1 heterocycles. The van der Waals surface area contributed by atoms with E-state index in [1.54, 1.807) is 11.8 Å². The van der Waals surface area contributed by atoms with E-state index in [0.29, 0.717) is 0 Å². The van der Waals surface area contributed by atoms with Crippen LogP contribution in [0.4, 0.5) is 0 Å². The largest absolute Gasteiger partial charge is 0.327 e. The second-order valence-corrected chi connectivity index (χ2v) is 4.89. The third-order valence-electron chi connectivity index (χ3n) is 2.42. The van der Waals surface area contributed by atoms with E-state index in [4.69, 9.17) is 5.73 Å². The summed E-state index contributed by atoms with van der Waals surface area (Å²) in [6.45, 7) is 5.19. The van der Waals surface area contributed by atoms with Gasteiger partial charge in [-0.3, -0.25) is 0 Å². The molecule has 6 heteroatoms. The predicted molar refractivity (Wildman–Crippen MR) is 67.2 cm³/mol. The van der Waals surface area contributed by atoms with Gasteiger partial charge >= 0.3 is 0 Å². The maximum Gasteiger partial charge on any atom is 0.161 e. The van der Waals surface area contributed by atoms with Crippen molar-refractivity contribution in [3.63, 3.8) is 0 Å². The third-order valence-corrected chi connectivity index (χ3v) is 3.54. The van der Waals surface area contributed by atoms with Crippen molar-refractivity contribution in [3.8, 4) is 0 Å². The Hall–Kier alpha value is -0.620. The summed E-state index contributed by atoms with van der Waals surface area (Å²) in [6, 6.07) is 0.282. The van der Waals surface area contributed by atoms with Gasteiger partial charge in [0.05, 0.1) is 5.75 Å². The zero-order chi connectivity index (χ0) is 11.8. The molecule has 1 atom stereocenters. The maximum atomic E-state index is 5.85. The standard InChI is InChI=1S/C10H21N5S/c1-3-5-6-15-10(12-13-14-15)8-16-7-9(11)4-2/h9H,3-8,11H2,1-2H3. The van der Waals surface area contributed by atoms with Crippen LogP contribution in [0.15, 0.2) is 0 Å². The lowest BCUT2D eigenvalue weighted by molar-refractivity contribution is 0.540. The van der Waals surface area contributed by atoms with Gasteiger partial charge in [-0.05, 0) is 23.3 Å². The zero-order valence-electron chi connectivity index (χ0n) is 10.1. The maximum absolute atomic E-state index is 5.85. The molecule has 1 rings (SSSR count). The molecule has 0 bridgehead atoms. The fourth-order valence-electron chi connectivity index (χ4n) is 1.23. The number of aromatic nitrogens is 4. The van der Waals surface area contributed by atoms with Gasteiger partial charge in [0.15, 0.2) is 5.82 Å². The number of tetrazole rings is 1. The van der Waals surface area contributed by atoms with Crippen LogP contribution in [0, 0.1) is 0 Å². The number of aryl methyl sites for hydroxylation is 1. The fourth-order valence-corrected chi connectivity index (χ4v) is 2.27. The molecule has 2 N–H and O–H groups in total. The van der Waals surface area contributed by atoms with Crippen LogP contribution in [-0.4, -0.2) is 32.0 Å². The van der Waals surface area contributed by atoms with E-state index in [1.807, 2.05) is 4.68 Å². The molecule has 0 aliphatic rings. The normalized spacial score (nSPS) is 12.9. The van der Waals surface area contributed by atoms with E-state index in [0.717, 1.165) is 43.1 Å². The molecule has 0 amide bonds. The summed E-state index contributed by atoms with van der Waals surface area (Å²) in [5.74, 6) is 2.78. The van der Waals surface area contributed by atoms with Crippen LogP contribution in [0.3, 0.4) is 0 Å². The van der Waals surface area contributed by atoms with Gasteiger partial charge in [-0.2, -0.15) is 11.8 Å². The predicted octanol–water partition coefficient (Wildman–Crippen LogP) is 1.44. The molecule has 0 saturated heterocycles. The van der Waals surface area contributed by atoms with Crippen molar-refractivity contribution >= 4 is 11.8 Å². The van der Waals surface area contributed by atoms with Gasteiger partial charge in [-0.1, -0.05) is 20.3 Å². The van der Waals surface area contributed by atoms with Crippen LogP contribution in [0.1, 0.15) is 38.9 Å². The molecule has 5 nitrogen and oxygen atoms in total. The summed E-state index contributed by atoms with van der Waals surface area (Å²) in [4.78, 5) is 0. The Kier molecular flexibility index (Phi) is 6.40. The van der Waals surface area contributed by atoms with Gasteiger partial charge in [0.1, 0.15) is 0 Å². The van der Waals surface area contributed by atoms with Crippen LogP contribution in [0.2, 0.25) is 0 Å². The van der Waals surface area contributed by atoms with Gasteiger partial charge in [0.25, 0.3) is 0 Å². The molecule has 92 valence electrons. The highest BCUT2D eigenvalue weighted by atomic mass is 32.2. The van der Waals surface area contributed by atoms with Crippen LogP contribution >= 0.6 is 11.8 Å². The van der Waals surface area contributed by atoms with Crippen molar-refractivity contribution in [1.82, 2.24) is 20.2 Å². The minimum atomic E-state index is 0.282. The molecule has 0 aromatic carbocycles. The van der Waals surface area contributed by atoms with Crippen LogP contribution in [0.5, 0.6) is 0 Å². The molecule has 0 saturated carbocycles. The van der Waals surface area contributed by atoms with E-state index in [1.165, 1.54) is 0 Å². The van der Waals surface area contributed by atoms with Gasteiger partial charge < -0.3 is 5.73 Å². The lowest BCUT2D eigenvalue weighted by atomic mass is 10.3. The molecule has 0 aliphatic carbocycles. The van der Waals surface area contributed by atoms with E-state index >= 15 is 0 Å². The van der Waals surface area contributed by atoms with Crippen LogP contribution < -0.4 is 5.73 Å². The van der Waals surface area contributed by atoms with E-state index in [2.05, 4.69) is 29.4 Å². The molecule has 0 radical (unpaired) electrons. The Balaban J connectivity index is 2.32. The van der Waals surface area contributed by atoms with E-state index in [-0.39, 0.29) is 6.04 Å². The average molecular weight is 243 g/mol. The van der Waals surface area contributed by atoms with Gasteiger partial charge in [-0.25, -0.2) is 4.68 Å². The van der Waals surface area contributed by atoms with Crippen molar-refractivity contribution < 1.29 is 0 Å². The third kappa shape index (κ3) is 4.49. The Morgan fingerprint density at radius 1 is 1.44 bits per heavy atom. The first-order valence-electron chi connectivity index (χ1n) is 5.86. The Labute approximate surface area is 101 Å². The first-order chi connectivity index (χ1) is 7.77. The molecule has 0 aliphatic heterocycles.